The molecule has 1 aromatic rings. The largest absolute Gasteiger partial charge is 0.349 e. The highest BCUT2D eigenvalue weighted by Crippen LogP contribution is 2.20. The third-order valence-electron chi connectivity index (χ3n) is 1.49. The zero-order valence-corrected chi connectivity index (χ0v) is 9.20. The van der Waals surface area contributed by atoms with Crippen LogP contribution in [0.15, 0.2) is 10.9 Å². The minimum atomic E-state index is -2.70. The number of nitrogens with one attached hydrogen (secondary N) is 1. The van der Waals surface area contributed by atoms with Gasteiger partial charge in [0.25, 0.3) is 6.43 Å². The molecule has 0 fully saturated rings. The summed E-state index contributed by atoms with van der Waals surface area (Å²) in [6.45, 7) is 0. The Balaban J connectivity index is 3.38. The van der Waals surface area contributed by atoms with E-state index in [-0.39, 0.29) is 17.1 Å². The van der Waals surface area contributed by atoms with Gasteiger partial charge in [-0.25, -0.2) is 8.78 Å². The second-order valence-electron chi connectivity index (χ2n) is 2.31. The van der Waals surface area contributed by atoms with Crippen molar-refractivity contribution >= 4 is 34.2 Å². The van der Waals surface area contributed by atoms with Crippen molar-refractivity contribution in [3.8, 4) is 0 Å². The molecule has 13 heavy (non-hydrogen) atoms. The predicted molar refractivity (Wildman–Crippen MR) is 54.3 cm³/mol. The second kappa shape index (κ2) is 4.36. The number of aromatic amines is 1. The summed E-state index contributed by atoms with van der Waals surface area (Å²) in [5, 5.41) is 0. The highest BCUT2D eigenvalue weighted by atomic mass is 127. The Morgan fingerprint density at radius 2 is 2.23 bits per heavy atom. The standard InChI is InChI=1S/C7H5ClF2INO/c8-2-3-4(13)1-5(11)12-6(3)7(9)10/h1,7H,2H2,(H,12,13). The molecule has 0 saturated heterocycles. The van der Waals surface area contributed by atoms with Crippen molar-refractivity contribution in [2.45, 2.75) is 12.3 Å². The monoisotopic (exact) mass is 319 g/mol. The van der Waals surface area contributed by atoms with Crippen molar-refractivity contribution in [1.29, 1.82) is 0 Å². The van der Waals surface area contributed by atoms with Crippen LogP contribution in [0.2, 0.25) is 0 Å². The summed E-state index contributed by atoms with van der Waals surface area (Å²) in [5.41, 5.74) is -0.891. The number of alkyl halides is 3. The van der Waals surface area contributed by atoms with Crippen LogP contribution in [0.4, 0.5) is 8.78 Å². The average Bonchev–Trinajstić information content (AvgIpc) is 2.02. The summed E-state index contributed by atoms with van der Waals surface area (Å²) >= 11 is 7.14. The molecule has 0 radical (unpaired) electrons. The van der Waals surface area contributed by atoms with Gasteiger partial charge in [-0.1, -0.05) is 0 Å². The van der Waals surface area contributed by atoms with Gasteiger partial charge in [0, 0.05) is 11.6 Å². The molecule has 2 nitrogen and oxygen atoms in total. The van der Waals surface area contributed by atoms with E-state index in [1.54, 1.807) is 22.6 Å². The molecular weight excluding hydrogens is 314 g/mol. The van der Waals surface area contributed by atoms with E-state index in [4.69, 9.17) is 11.6 Å². The number of aromatic nitrogens is 1. The highest BCUT2D eigenvalue weighted by Gasteiger charge is 2.16. The van der Waals surface area contributed by atoms with Crippen LogP contribution < -0.4 is 5.43 Å². The lowest BCUT2D eigenvalue weighted by atomic mass is 10.2. The number of pyridine rings is 1. The number of hydrogen-bond donors (Lipinski definition) is 1. The second-order valence-corrected chi connectivity index (χ2v) is 3.74. The fourth-order valence-corrected chi connectivity index (χ4v) is 1.75. The maximum Gasteiger partial charge on any atom is 0.278 e. The van der Waals surface area contributed by atoms with Crippen LogP contribution >= 0.6 is 34.2 Å². The molecule has 0 aliphatic heterocycles. The molecule has 1 aromatic heterocycles. The van der Waals surface area contributed by atoms with E-state index in [1.807, 2.05) is 0 Å². The number of hydrogen-bond acceptors (Lipinski definition) is 1. The SMILES string of the molecule is O=c1cc(I)[nH]c(C(F)F)c1CCl. The minimum Gasteiger partial charge on any atom is -0.349 e. The molecule has 0 spiro atoms. The maximum atomic E-state index is 12.3. The lowest BCUT2D eigenvalue weighted by Crippen LogP contribution is -2.13. The predicted octanol–water partition coefficient (Wildman–Crippen LogP) is 2.66. The van der Waals surface area contributed by atoms with Gasteiger partial charge in [-0.2, -0.15) is 0 Å². The van der Waals surface area contributed by atoms with E-state index < -0.39 is 11.9 Å². The van der Waals surface area contributed by atoms with Gasteiger partial charge < -0.3 is 4.98 Å². The zero-order valence-electron chi connectivity index (χ0n) is 6.28. The summed E-state index contributed by atoms with van der Waals surface area (Å²) in [4.78, 5) is 13.6. The smallest absolute Gasteiger partial charge is 0.278 e. The van der Waals surface area contributed by atoms with Crippen molar-refractivity contribution in [3.63, 3.8) is 0 Å². The van der Waals surface area contributed by atoms with Crippen LogP contribution in [0, 0.1) is 3.70 Å². The molecule has 72 valence electrons. The number of rotatable bonds is 2. The van der Waals surface area contributed by atoms with Gasteiger partial charge in [-0.15, -0.1) is 11.6 Å². The van der Waals surface area contributed by atoms with Crippen LogP contribution in [0.3, 0.4) is 0 Å². The van der Waals surface area contributed by atoms with E-state index in [0.29, 0.717) is 3.70 Å². The van der Waals surface area contributed by atoms with Gasteiger partial charge in [0.05, 0.1) is 15.3 Å². The molecule has 0 aliphatic rings. The lowest BCUT2D eigenvalue weighted by molar-refractivity contribution is 0.144. The molecule has 1 N–H and O–H groups in total. The summed E-state index contributed by atoms with van der Waals surface area (Å²) < 4.78 is 25.1. The first-order valence-electron chi connectivity index (χ1n) is 3.32. The third kappa shape index (κ3) is 2.40. The van der Waals surface area contributed by atoms with Crippen LogP contribution in [-0.4, -0.2) is 4.98 Å². The van der Waals surface area contributed by atoms with Crippen molar-refractivity contribution in [3.05, 3.63) is 31.2 Å². The van der Waals surface area contributed by atoms with Gasteiger partial charge in [0.2, 0.25) is 0 Å². The van der Waals surface area contributed by atoms with E-state index in [1.165, 1.54) is 6.07 Å². The Kier molecular flexibility index (Phi) is 3.66. The van der Waals surface area contributed by atoms with Crippen molar-refractivity contribution in [2.75, 3.05) is 0 Å². The topological polar surface area (TPSA) is 32.9 Å². The van der Waals surface area contributed by atoms with Gasteiger partial charge >= 0.3 is 0 Å². The summed E-state index contributed by atoms with van der Waals surface area (Å²) in [6, 6.07) is 1.24. The van der Waals surface area contributed by atoms with E-state index in [2.05, 4.69) is 4.98 Å². The number of halogens is 4. The molecule has 0 amide bonds. The fourth-order valence-electron chi connectivity index (χ4n) is 0.899. The molecule has 0 unspecified atom stereocenters. The third-order valence-corrected chi connectivity index (χ3v) is 2.33. The fraction of sp³-hybridized carbons (Fsp3) is 0.286. The zero-order chi connectivity index (χ0) is 10.0. The summed E-state index contributed by atoms with van der Waals surface area (Å²) in [6.07, 6.45) is -2.70. The lowest BCUT2D eigenvalue weighted by Gasteiger charge is -2.05. The molecule has 0 saturated carbocycles. The molecule has 0 aromatic carbocycles. The molecule has 0 aliphatic carbocycles. The minimum absolute atomic E-state index is 0.0583. The Morgan fingerprint density at radius 1 is 1.62 bits per heavy atom. The Labute approximate surface area is 91.4 Å². The van der Waals surface area contributed by atoms with Gasteiger partial charge in [0.1, 0.15) is 0 Å². The Bertz CT molecular complexity index is 366. The molecule has 0 bridgehead atoms. The first-order valence-corrected chi connectivity index (χ1v) is 4.93. The quantitative estimate of drug-likeness (QED) is 0.507. The van der Waals surface area contributed by atoms with Crippen molar-refractivity contribution in [2.24, 2.45) is 0 Å². The molecule has 1 heterocycles. The Morgan fingerprint density at radius 3 is 2.69 bits per heavy atom. The van der Waals surface area contributed by atoms with Gasteiger partial charge in [-0.3, -0.25) is 4.79 Å². The van der Waals surface area contributed by atoms with Crippen LogP contribution in [0.1, 0.15) is 17.7 Å². The molecule has 6 heteroatoms. The number of H-pyrrole nitrogens is 1. The normalized spacial score (nSPS) is 10.8. The summed E-state index contributed by atoms with van der Waals surface area (Å²) in [7, 11) is 0. The Hall–Kier alpha value is -0.170. The average molecular weight is 319 g/mol. The molecule has 0 atom stereocenters. The first kappa shape index (κ1) is 10.9. The van der Waals surface area contributed by atoms with E-state index in [0.717, 1.165) is 0 Å². The highest BCUT2D eigenvalue weighted by molar-refractivity contribution is 14.1. The van der Waals surface area contributed by atoms with Crippen LogP contribution in [0.25, 0.3) is 0 Å². The van der Waals surface area contributed by atoms with Gasteiger partial charge in [0.15, 0.2) is 5.43 Å². The van der Waals surface area contributed by atoms with Crippen LogP contribution in [0.5, 0.6) is 0 Å². The molecular formula is C7H5ClF2INO. The maximum absolute atomic E-state index is 12.3. The van der Waals surface area contributed by atoms with E-state index >= 15 is 0 Å². The first-order chi connectivity index (χ1) is 6.06. The van der Waals surface area contributed by atoms with E-state index in [9.17, 15) is 13.6 Å². The molecule has 1 rings (SSSR count). The van der Waals surface area contributed by atoms with Crippen molar-refractivity contribution < 1.29 is 8.78 Å². The van der Waals surface area contributed by atoms with Crippen LogP contribution in [-0.2, 0) is 5.88 Å². The summed E-state index contributed by atoms with van der Waals surface area (Å²) in [5.74, 6) is -0.202. The van der Waals surface area contributed by atoms with Gasteiger partial charge in [-0.05, 0) is 22.6 Å². The van der Waals surface area contributed by atoms with Crippen molar-refractivity contribution in [1.82, 2.24) is 4.98 Å².